The number of carboxylic acids is 1. The van der Waals surface area contributed by atoms with E-state index in [2.05, 4.69) is 22.1 Å². The zero-order valence-electron chi connectivity index (χ0n) is 14.5. The van der Waals surface area contributed by atoms with Crippen LogP contribution in [0.4, 0.5) is 0 Å². The van der Waals surface area contributed by atoms with Crippen molar-refractivity contribution in [1.82, 2.24) is 15.2 Å². The molecule has 1 unspecified atom stereocenters. The number of amides is 1. The Bertz CT molecular complexity index is 620. The number of nitrogens with zero attached hydrogens (tertiary/aromatic N) is 2. The van der Waals surface area contributed by atoms with E-state index in [0.29, 0.717) is 0 Å². The zero-order valence-corrected chi connectivity index (χ0v) is 14.5. The summed E-state index contributed by atoms with van der Waals surface area (Å²) in [5.74, 6) is -1.31. The van der Waals surface area contributed by atoms with Crippen LogP contribution in [0.1, 0.15) is 53.5 Å². The Kier molecular flexibility index (Phi) is 5.34. The van der Waals surface area contributed by atoms with Crippen LogP contribution < -0.4 is 5.32 Å². The van der Waals surface area contributed by atoms with Crippen LogP contribution >= 0.6 is 0 Å². The van der Waals surface area contributed by atoms with Gasteiger partial charge in [0.25, 0.3) is 5.91 Å². The Hall–Kier alpha value is -1.99. The fourth-order valence-electron chi connectivity index (χ4n) is 4.08. The summed E-state index contributed by atoms with van der Waals surface area (Å²) in [5, 5.41) is 12.0. The van der Waals surface area contributed by atoms with Gasteiger partial charge in [0.05, 0.1) is 18.8 Å². The minimum absolute atomic E-state index is 0.0125. The van der Waals surface area contributed by atoms with Gasteiger partial charge in [-0.1, -0.05) is 12.8 Å². The van der Waals surface area contributed by atoms with Gasteiger partial charge in [0.15, 0.2) is 0 Å². The second kappa shape index (κ2) is 7.49. The van der Waals surface area contributed by atoms with Crippen LogP contribution in [-0.2, 0) is 4.74 Å². The molecule has 1 aromatic heterocycles. The third kappa shape index (κ3) is 3.67. The molecule has 0 spiro atoms. The van der Waals surface area contributed by atoms with E-state index in [4.69, 9.17) is 9.84 Å². The Morgan fingerprint density at radius 1 is 1.28 bits per heavy atom. The van der Waals surface area contributed by atoms with E-state index >= 15 is 0 Å². The SMILES string of the molecule is CC(NC(=O)c1ccc(C(=O)O)cn1)C1(N2CCOCC2)CCCC1. The number of carboxylic acid groups (broad SMARTS) is 1. The van der Waals surface area contributed by atoms with Gasteiger partial charge >= 0.3 is 5.97 Å². The van der Waals surface area contributed by atoms with E-state index in [1.807, 2.05) is 0 Å². The van der Waals surface area contributed by atoms with Crippen LogP contribution in [0.15, 0.2) is 18.3 Å². The zero-order chi connectivity index (χ0) is 17.9. The molecule has 0 radical (unpaired) electrons. The second-order valence-corrected chi connectivity index (χ2v) is 6.84. The molecule has 25 heavy (non-hydrogen) atoms. The number of aromatic nitrogens is 1. The fourth-order valence-corrected chi connectivity index (χ4v) is 4.08. The summed E-state index contributed by atoms with van der Waals surface area (Å²) in [4.78, 5) is 29.9. The molecule has 0 aromatic carbocycles. The summed E-state index contributed by atoms with van der Waals surface area (Å²) in [6.07, 6.45) is 5.70. The summed E-state index contributed by atoms with van der Waals surface area (Å²) in [6.45, 7) is 5.32. The first-order valence-electron chi connectivity index (χ1n) is 8.86. The maximum Gasteiger partial charge on any atom is 0.337 e. The molecule has 7 nitrogen and oxygen atoms in total. The van der Waals surface area contributed by atoms with E-state index in [0.717, 1.165) is 39.1 Å². The number of aromatic carboxylic acids is 1. The molecule has 1 saturated carbocycles. The van der Waals surface area contributed by atoms with Crippen molar-refractivity contribution < 1.29 is 19.4 Å². The first-order chi connectivity index (χ1) is 12.0. The van der Waals surface area contributed by atoms with E-state index in [1.165, 1.54) is 31.2 Å². The normalized spacial score (nSPS) is 21.6. The van der Waals surface area contributed by atoms with E-state index in [9.17, 15) is 9.59 Å². The topological polar surface area (TPSA) is 91.8 Å². The summed E-state index contributed by atoms with van der Waals surface area (Å²) in [6, 6.07) is 2.85. The predicted molar refractivity (Wildman–Crippen MR) is 91.7 cm³/mol. The monoisotopic (exact) mass is 347 g/mol. The predicted octanol–water partition coefficient (Wildman–Crippen LogP) is 1.54. The van der Waals surface area contributed by atoms with Crippen LogP contribution in [0.5, 0.6) is 0 Å². The minimum atomic E-state index is -1.05. The summed E-state index contributed by atoms with van der Waals surface area (Å²) < 4.78 is 5.48. The molecule has 136 valence electrons. The van der Waals surface area contributed by atoms with Gasteiger partial charge in [0.2, 0.25) is 0 Å². The number of carbonyl (C=O) groups is 2. The van der Waals surface area contributed by atoms with Crippen molar-refractivity contribution in [2.24, 2.45) is 0 Å². The van der Waals surface area contributed by atoms with Crippen molar-refractivity contribution in [2.75, 3.05) is 26.3 Å². The number of pyridine rings is 1. The quantitative estimate of drug-likeness (QED) is 0.839. The molecule has 1 saturated heterocycles. The van der Waals surface area contributed by atoms with Crippen LogP contribution in [0.25, 0.3) is 0 Å². The molecule has 7 heteroatoms. The number of hydrogen-bond donors (Lipinski definition) is 2. The number of hydrogen-bond acceptors (Lipinski definition) is 5. The van der Waals surface area contributed by atoms with Gasteiger partial charge in [-0.15, -0.1) is 0 Å². The Morgan fingerprint density at radius 3 is 2.52 bits per heavy atom. The van der Waals surface area contributed by atoms with Gasteiger partial charge in [-0.3, -0.25) is 14.7 Å². The molecule has 2 aliphatic rings. The molecule has 1 amide bonds. The Balaban J connectivity index is 1.71. The lowest BCUT2D eigenvalue weighted by molar-refractivity contribution is -0.0323. The van der Waals surface area contributed by atoms with Gasteiger partial charge < -0.3 is 15.2 Å². The van der Waals surface area contributed by atoms with Crippen LogP contribution in [0, 0.1) is 0 Å². The Morgan fingerprint density at radius 2 is 1.96 bits per heavy atom. The molecule has 2 fully saturated rings. The van der Waals surface area contributed by atoms with E-state index < -0.39 is 5.97 Å². The number of rotatable bonds is 5. The molecule has 3 rings (SSSR count). The third-order valence-corrected chi connectivity index (χ3v) is 5.51. The second-order valence-electron chi connectivity index (χ2n) is 6.84. The largest absolute Gasteiger partial charge is 0.478 e. The van der Waals surface area contributed by atoms with Crippen LogP contribution in [0.3, 0.4) is 0 Å². The van der Waals surface area contributed by atoms with Crippen molar-refractivity contribution in [3.05, 3.63) is 29.6 Å². The highest BCUT2D eigenvalue weighted by Gasteiger charge is 2.45. The number of carbonyl (C=O) groups excluding carboxylic acids is 1. The van der Waals surface area contributed by atoms with Gasteiger partial charge in [0, 0.05) is 30.9 Å². The smallest absolute Gasteiger partial charge is 0.337 e. The van der Waals surface area contributed by atoms with Gasteiger partial charge in [0.1, 0.15) is 5.69 Å². The lowest BCUT2D eigenvalue weighted by Gasteiger charge is -2.47. The highest BCUT2D eigenvalue weighted by molar-refractivity contribution is 5.94. The molecular formula is C18H25N3O4. The molecule has 0 bridgehead atoms. The highest BCUT2D eigenvalue weighted by Crippen LogP contribution is 2.38. The maximum atomic E-state index is 12.6. The summed E-state index contributed by atoms with van der Waals surface area (Å²) in [7, 11) is 0. The fraction of sp³-hybridized carbons (Fsp3) is 0.611. The average molecular weight is 347 g/mol. The van der Waals surface area contributed by atoms with E-state index in [1.54, 1.807) is 0 Å². The molecule has 2 heterocycles. The third-order valence-electron chi connectivity index (χ3n) is 5.51. The minimum Gasteiger partial charge on any atom is -0.478 e. The maximum absolute atomic E-state index is 12.6. The highest BCUT2D eigenvalue weighted by atomic mass is 16.5. The van der Waals surface area contributed by atoms with E-state index in [-0.39, 0.29) is 28.7 Å². The number of ether oxygens (including phenoxy) is 1. The van der Waals surface area contributed by atoms with Crippen LogP contribution in [0.2, 0.25) is 0 Å². The summed E-state index contributed by atoms with van der Waals surface area (Å²) >= 11 is 0. The van der Waals surface area contributed by atoms with Gasteiger partial charge in [-0.25, -0.2) is 4.79 Å². The molecular weight excluding hydrogens is 322 g/mol. The van der Waals surface area contributed by atoms with Crippen molar-refractivity contribution >= 4 is 11.9 Å². The van der Waals surface area contributed by atoms with Crippen molar-refractivity contribution in [3.8, 4) is 0 Å². The molecule has 1 atom stereocenters. The standard InChI is InChI=1S/C18H25N3O4/c1-13(18(6-2-3-7-18)21-8-10-25-11-9-21)20-16(22)15-5-4-14(12-19-15)17(23)24/h4-5,12-13H,2-3,6-11H2,1H3,(H,20,22)(H,23,24). The lowest BCUT2D eigenvalue weighted by atomic mass is 9.86. The first kappa shape index (κ1) is 17.8. The first-order valence-corrected chi connectivity index (χ1v) is 8.86. The van der Waals surface area contributed by atoms with Crippen LogP contribution in [-0.4, -0.2) is 64.8 Å². The number of morpholine rings is 1. The lowest BCUT2D eigenvalue weighted by Crippen LogP contribution is -2.62. The molecule has 1 aromatic rings. The van der Waals surface area contributed by atoms with Crippen molar-refractivity contribution in [2.45, 2.75) is 44.2 Å². The van der Waals surface area contributed by atoms with Gasteiger partial charge in [-0.05, 0) is 31.9 Å². The summed E-state index contributed by atoms with van der Waals surface area (Å²) in [5.41, 5.74) is 0.289. The average Bonchev–Trinajstić information content (AvgIpc) is 3.13. The Labute approximate surface area is 147 Å². The van der Waals surface area contributed by atoms with Gasteiger partial charge in [-0.2, -0.15) is 0 Å². The van der Waals surface area contributed by atoms with Crippen molar-refractivity contribution in [1.29, 1.82) is 0 Å². The molecule has 2 N–H and O–H groups in total. The van der Waals surface area contributed by atoms with Crippen molar-refractivity contribution in [3.63, 3.8) is 0 Å². The molecule has 1 aliphatic heterocycles. The molecule has 1 aliphatic carbocycles. The number of nitrogens with one attached hydrogen (secondary N) is 1.